The van der Waals surface area contributed by atoms with Crippen molar-refractivity contribution in [3.8, 4) is 0 Å². The maximum absolute atomic E-state index is 12.3. The molecule has 2 heterocycles. The van der Waals surface area contributed by atoms with Crippen LogP contribution in [0.25, 0.3) is 0 Å². The highest BCUT2D eigenvalue weighted by atomic mass is 35.5. The normalized spacial score (nSPS) is 19.8. The smallest absolute Gasteiger partial charge is 0.305 e. The van der Waals surface area contributed by atoms with E-state index in [4.69, 9.17) is 21.1 Å². The Morgan fingerprint density at radius 2 is 2.39 bits per heavy atom. The van der Waals surface area contributed by atoms with Crippen LogP contribution in [-0.2, 0) is 4.79 Å². The number of thioether (sulfide) groups is 1. The lowest BCUT2D eigenvalue weighted by Crippen LogP contribution is -2.47. The van der Waals surface area contributed by atoms with E-state index in [2.05, 4.69) is 0 Å². The summed E-state index contributed by atoms with van der Waals surface area (Å²) in [4.78, 5) is 24.6. The summed E-state index contributed by atoms with van der Waals surface area (Å²) in [5, 5.41) is 8.91. The molecule has 1 unspecified atom stereocenters. The fourth-order valence-corrected chi connectivity index (χ4v) is 3.15. The molecule has 5 nitrogen and oxygen atoms in total. The molecule has 1 aliphatic heterocycles. The summed E-state index contributed by atoms with van der Waals surface area (Å²) in [5.41, 5.74) is 0.291. The topological polar surface area (TPSA) is 70.8 Å². The zero-order chi connectivity index (χ0) is 13.1. The van der Waals surface area contributed by atoms with E-state index in [0.717, 1.165) is 5.75 Å². The number of rotatable bonds is 3. The Kier molecular flexibility index (Phi) is 4.19. The van der Waals surface area contributed by atoms with Crippen LogP contribution in [0.2, 0.25) is 5.22 Å². The molecule has 0 saturated carbocycles. The number of hydrogen-bond acceptors (Lipinski definition) is 4. The van der Waals surface area contributed by atoms with Gasteiger partial charge in [-0.15, -0.1) is 0 Å². The predicted molar refractivity (Wildman–Crippen MR) is 68.1 cm³/mol. The summed E-state index contributed by atoms with van der Waals surface area (Å²) < 4.78 is 4.89. The second kappa shape index (κ2) is 5.67. The number of carbonyl (C=O) groups excluding carboxylic acids is 1. The van der Waals surface area contributed by atoms with Gasteiger partial charge in [-0.05, 0) is 17.7 Å². The van der Waals surface area contributed by atoms with Crippen LogP contribution in [0, 0.1) is 0 Å². The molecule has 0 spiro atoms. The maximum Gasteiger partial charge on any atom is 0.305 e. The van der Waals surface area contributed by atoms with E-state index in [1.54, 1.807) is 16.7 Å². The Hall–Kier alpha value is -1.14. The van der Waals surface area contributed by atoms with Crippen LogP contribution >= 0.6 is 23.4 Å². The van der Waals surface area contributed by atoms with E-state index in [9.17, 15) is 9.59 Å². The van der Waals surface area contributed by atoms with Crippen LogP contribution in [0.1, 0.15) is 16.8 Å². The maximum atomic E-state index is 12.3. The fraction of sp³-hybridized carbons (Fsp3) is 0.455. The molecule has 1 aromatic heterocycles. The Morgan fingerprint density at radius 3 is 3.00 bits per heavy atom. The van der Waals surface area contributed by atoms with E-state index in [-0.39, 0.29) is 23.6 Å². The molecule has 98 valence electrons. The first-order chi connectivity index (χ1) is 8.59. The molecule has 7 heteroatoms. The van der Waals surface area contributed by atoms with Crippen LogP contribution in [0.15, 0.2) is 16.7 Å². The summed E-state index contributed by atoms with van der Waals surface area (Å²) >= 11 is 7.43. The van der Waals surface area contributed by atoms with Gasteiger partial charge in [0.2, 0.25) is 5.22 Å². The van der Waals surface area contributed by atoms with Gasteiger partial charge >= 0.3 is 5.97 Å². The number of amides is 1. The van der Waals surface area contributed by atoms with Crippen molar-refractivity contribution in [3.05, 3.63) is 23.1 Å². The second-order valence-corrected chi connectivity index (χ2v) is 5.43. The number of hydrogen-bond donors (Lipinski definition) is 1. The predicted octanol–water partition coefficient (Wildman–Crippen LogP) is 1.97. The average molecular weight is 290 g/mol. The van der Waals surface area contributed by atoms with Crippen molar-refractivity contribution >= 4 is 35.2 Å². The molecule has 1 aliphatic rings. The minimum Gasteiger partial charge on any atom is -0.481 e. The third-order valence-corrected chi connectivity index (χ3v) is 4.13. The van der Waals surface area contributed by atoms with Crippen molar-refractivity contribution in [1.82, 2.24) is 4.90 Å². The van der Waals surface area contributed by atoms with Gasteiger partial charge in [0.15, 0.2) is 0 Å². The van der Waals surface area contributed by atoms with Crippen molar-refractivity contribution in [2.45, 2.75) is 12.5 Å². The molecule has 1 aromatic rings. The summed E-state index contributed by atoms with van der Waals surface area (Å²) in [6.45, 7) is 0.531. The van der Waals surface area contributed by atoms with Gasteiger partial charge in [0.1, 0.15) is 0 Å². The Morgan fingerprint density at radius 1 is 1.61 bits per heavy atom. The Bertz CT molecular complexity index is 462. The van der Waals surface area contributed by atoms with Gasteiger partial charge in [-0.25, -0.2) is 0 Å². The summed E-state index contributed by atoms with van der Waals surface area (Å²) in [6, 6.07) is 1.21. The summed E-state index contributed by atoms with van der Waals surface area (Å²) in [7, 11) is 0. The third-order valence-electron chi connectivity index (χ3n) is 2.75. The van der Waals surface area contributed by atoms with Gasteiger partial charge in [0.05, 0.1) is 24.3 Å². The Balaban J connectivity index is 2.16. The molecule has 0 aromatic carbocycles. The molecule has 1 N–H and O–H groups in total. The highest BCUT2D eigenvalue weighted by Gasteiger charge is 2.31. The number of carboxylic acids is 1. The van der Waals surface area contributed by atoms with Crippen molar-refractivity contribution in [2.24, 2.45) is 0 Å². The van der Waals surface area contributed by atoms with Gasteiger partial charge in [0.25, 0.3) is 5.91 Å². The molecule has 0 aliphatic carbocycles. The van der Waals surface area contributed by atoms with Gasteiger partial charge in [-0.1, -0.05) is 0 Å². The molecule has 18 heavy (non-hydrogen) atoms. The van der Waals surface area contributed by atoms with Crippen molar-refractivity contribution in [1.29, 1.82) is 0 Å². The standard InChI is InChI=1S/C11H12ClNO4S/c12-10-8(1-3-17-10)11(16)13-2-4-18-6-7(13)5-9(14)15/h1,3,7H,2,4-6H2,(H,14,15). The lowest BCUT2D eigenvalue weighted by Gasteiger charge is -2.34. The minimum absolute atomic E-state index is 0.0474. The number of aliphatic carboxylic acids is 1. The molecule has 0 radical (unpaired) electrons. The van der Waals surface area contributed by atoms with Crippen molar-refractivity contribution in [3.63, 3.8) is 0 Å². The molecule has 0 bridgehead atoms. The molecule has 1 atom stereocenters. The molecule has 1 amide bonds. The van der Waals surface area contributed by atoms with Crippen molar-refractivity contribution in [2.75, 3.05) is 18.1 Å². The van der Waals surface area contributed by atoms with E-state index in [1.807, 2.05) is 0 Å². The van der Waals surface area contributed by atoms with E-state index in [0.29, 0.717) is 17.9 Å². The average Bonchev–Trinajstić information content (AvgIpc) is 2.74. The summed E-state index contributed by atoms with van der Waals surface area (Å²) in [5.74, 6) is 0.268. The first kappa shape index (κ1) is 13.3. The van der Waals surface area contributed by atoms with Crippen LogP contribution in [0.5, 0.6) is 0 Å². The van der Waals surface area contributed by atoms with Crippen LogP contribution in [0.3, 0.4) is 0 Å². The molecular weight excluding hydrogens is 278 g/mol. The highest BCUT2D eigenvalue weighted by Crippen LogP contribution is 2.24. The van der Waals surface area contributed by atoms with E-state index >= 15 is 0 Å². The molecule has 1 saturated heterocycles. The lowest BCUT2D eigenvalue weighted by atomic mass is 10.1. The molecular formula is C11H12ClNO4S. The zero-order valence-electron chi connectivity index (χ0n) is 9.47. The SMILES string of the molecule is O=C(O)CC1CSCCN1C(=O)c1ccoc1Cl. The van der Waals surface area contributed by atoms with Gasteiger partial charge in [-0.3, -0.25) is 9.59 Å². The monoisotopic (exact) mass is 289 g/mol. The van der Waals surface area contributed by atoms with E-state index in [1.165, 1.54) is 12.3 Å². The fourth-order valence-electron chi connectivity index (χ4n) is 1.89. The molecule has 1 fully saturated rings. The summed E-state index contributed by atoms with van der Waals surface area (Å²) in [6.07, 6.45) is 1.30. The lowest BCUT2D eigenvalue weighted by molar-refractivity contribution is -0.138. The van der Waals surface area contributed by atoms with Gasteiger partial charge in [0, 0.05) is 18.1 Å². The third kappa shape index (κ3) is 2.81. The van der Waals surface area contributed by atoms with Gasteiger partial charge < -0.3 is 14.4 Å². The number of carboxylic acid groups (broad SMARTS) is 1. The number of halogens is 1. The quantitative estimate of drug-likeness (QED) is 0.921. The second-order valence-electron chi connectivity index (χ2n) is 3.93. The first-order valence-corrected chi connectivity index (χ1v) is 6.96. The van der Waals surface area contributed by atoms with Crippen LogP contribution < -0.4 is 0 Å². The first-order valence-electron chi connectivity index (χ1n) is 5.43. The molecule has 2 rings (SSSR count). The highest BCUT2D eigenvalue weighted by molar-refractivity contribution is 7.99. The number of nitrogens with zero attached hydrogens (tertiary/aromatic N) is 1. The largest absolute Gasteiger partial charge is 0.481 e. The van der Waals surface area contributed by atoms with Crippen molar-refractivity contribution < 1.29 is 19.1 Å². The van der Waals surface area contributed by atoms with Crippen LogP contribution in [0.4, 0.5) is 0 Å². The Labute approximate surface area is 113 Å². The van der Waals surface area contributed by atoms with E-state index < -0.39 is 5.97 Å². The minimum atomic E-state index is -0.904. The van der Waals surface area contributed by atoms with Gasteiger partial charge in [-0.2, -0.15) is 11.8 Å². The number of furan rings is 1. The van der Waals surface area contributed by atoms with Crippen LogP contribution in [-0.4, -0.2) is 46.0 Å². The number of carbonyl (C=O) groups is 2. The zero-order valence-corrected chi connectivity index (χ0v) is 11.0.